The summed E-state index contributed by atoms with van der Waals surface area (Å²) in [6.07, 6.45) is 10.2. The van der Waals surface area contributed by atoms with E-state index >= 15 is 0 Å². The van der Waals surface area contributed by atoms with E-state index in [1.165, 1.54) is 32.1 Å². The van der Waals surface area contributed by atoms with Crippen molar-refractivity contribution in [2.24, 2.45) is 11.8 Å². The van der Waals surface area contributed by atoms with Gasteiger partial charge in [-0.2, -0.15) is 0 Å². The van der Waals surface area contributed by atoms with Crippen molar-refractivity contribution in [2.45, 2.75) is 46.0 Å². The monoisotopic (exact) mass is 210 g/mol. The Balaban J connectivity index is 2.07. The highest BCUT2D eigenvalue weighted by Gasteiger charge is 2.33. The van der Waals surface area contributed by atoms with Crippen LogP contribution in [0.3, 0.4) is 0 Å². The molecular formula is C13H22O2. The molecule has 0 amide bonds. The van der Waals surface area contributed by atoms with Gasteiger partial charge in [-0.25, -0.2) is 4.79 Å². The summed E-state index contributed by atoms with van der Waals surface area (Å²) in [5, 5.41) is 0. The third-order valence-electron chi connectivity index (χ3n) is 2.92. The van der Waals surface area contributed by atoms with Crippen LogP contribution < -0.4 is 0 Å². The van der Waals surface area contributed by atoms with E-state index in [-0.39, 0.29) is 5.97 Å². The van der Waals surface area contributed by atoms with Gasteiger partial charge < -0.3 is 4.74 Å². The zero-order valence-electron chi connectivity index (χ0n) is 9.87. The molecule has 1 aliphatic rings. The Morgan fingerprint density at radius 3 is 2.87 bits per heavy atom. The lowest BCUT2D eigenvalue weighted by Crippen LogP contribution is -1.99. The maximum absolute atomic E-state index is 11.0. The number of hydrogen-bond donors (Lipinski definition) is 0. The molecule has 2 nitrogen and oxygen atoms in total. The summed E-state index contributed by atoms with van der Waals surface area (Å²) in [5.41, 5.74) is 0. The number of hydrogen-bond acceptors (Lipinski definition) is 2. The molecule has 0 radical (unpaired) electrons. The van der Waals surface area contributed by atoms with E-state index in [2.05, 4.69) is 6.92 Å². The maximum atomic E-state index is 11.0. The van der Waals surface area contributed by atoms with Gasteiger partial charge in [-0.05, 0) is 31.6 Å². The maximum Gasteiger partial charge on any atom is 0.330 e. The number of carbonyl (C=O) groups is 1. The molecule has 1 rings (SSSR count). The molecule has 0 saturated heterocycles. The molecule has 1 aliphatic carbocycles. The van der Waals surface area contributed by atoms with Gasteiger partial charge in [0.1, 0.15) is 0 Å². The number of rotatable bonds is 7. The highest BCUT2D eigenvalue weighted by Crippen LogP contribution is 2.43. The van der Waals surface area contributed by atoms with Crippen molar-refractivity contribution in [1.82, 2.24) is 0 Å². The molecule has 86 valence electrons. The van der Waals surface area contributed by atoms with Crippen LogP contribution in [-0.2, 0) is 9.53 Å². The largest absolute Gasteiger partial charge is 0.463 e. The van der Waals surface area contributed by atoms with Gasteiger partial charge in [-0.15, -0.1) is 0 Å². The smallest absolute Gasteiger partial charge is 0.330 e. The predicted molar refractivity (Wildman–Crippen MR) is 61.5 cm³/mol. The highest BCUT2D eigenvalue weighted by molar-refractivity contribution is 5.81. The lowest BCUT2D eigenvalue weighted by atomic mass is 10.1. The predicted octanol–water partition coefficient (Wildman–Crippen LogP) is 3.32. The van der Waals surface area contributed by atoms with Crippen LogP contribution in [0.15, 0.2) is 12.2 Å². The third-order valence-corrected chi connectivity index (χ3v) is 2.92. The molecule has 1 saturated carbocycles. The molecule has 2 atom stereocenters. The molecule has 15 heavy (non-hydrogen) atoms. The Hall–Kier alpha value is -0.790. The molecule has 0 bridgehead atoms. The first-order chi connectivity index (χ1) is 7.27. The van der Waals surface area contributed by atoms with Crippen molar-refractivity contribution in [3.05, 3.63) is 12.2 Å². The van der Waals surface area contributed by atoms with Crippen LogP contribution in [0.5, 0.6) is 0 Å². The van der Waals surface area contributed by atoms with Gasteiger partial charge in [-0.3, -0.25) is 0 Å². The zero-order valence-corrected chi connectivity index (χ0v) is 9.87. The summed E-state index contributed by atoms with van der Waals surface area (Å²) in [5.74, 6) is 1.28. The van der Waals surface area contributed by atoms with Crippen LogP contribution in [0, 0.1) is 11.8 Å². The fourth-order valence-electron chi connectivity index (χ4n) is 1.89. The minimum atomic E-state index is -0.197. The first-order valence-corrected chi connectivity index (χ1v) is 6.12. The number of unbranched alkanes of at least 4 members (excludes halogenated alkanes) is 2. The Morgan fingerprint density at radius 2 is 2.20 bits per heavy atom. The van der Waals surface area contributed by atoms with E-state index in [0.717, 1.165) is 5.92 Å². The van der Waals surface area contributed by atoms with Crippen molar-refractivity contribution in [1.29, 1.82) is 0 Å². The Bertz CT molecular complexity index is 221. The van der Waals surface area contributed by atoms with Crippen molar-refractivity contribution < 1.29 is 9.53 Å². The summed E-state index contributed by atoms with van der Waals surface area (Å²) in [6.45, 7) is 4.52. The van der Waals surface area contributed by atoms with E-state index in [9.17, 15) is 4.79 Å². The van der Waals surface area contributed by atoms with Gasteiger partial charge in [0.15, 0.2) is 0 Å². The third kappa shape index (κ3) is 5.01. The van der Waals surface area contributed by atoms with Gasteiger partial charge in [0, 0.05) is 6.08 Å². The molecule has 0 heterocycles. The van der Waals surface area contributed by atoms with Crippen LogP contribution in [0.1, 0.15) is 46.0 Å². The SMILES string of the molecule is CCCCC[C@H]1C[C@@H]1/C=C\C(=O)OCC. The first kappa shape index (κ1) is 12.3. The number of allylic oxidation sites excluding steroid dienone is 1. The zero-order chi connectivity index (χ0) is 11.1. The van der Waals surface area contributed by atoms with E-state index in [4.69, 9.17) is 4.74 Å². The fraction of sp³-hybridized carbons (Fsp3) is 0.769. The molecule has 0 unspecified atom stereocenters. The van der Waals surface area contributed by atoms with E-state index < -0.39 is 0 Å². The fourth-order valence-corrected chi connectivity index (χ4v) is 1.89. The minimum Gasteiger partial charge on any atom is -0.463 e. The van der Waals surface area contributed by atoms with Crippen molar-refractivity contribution >= 4 is 5.97 Å². The summed E-state index contributed by atoms with van der Waals surface area (Å²) in [6, 6.07) is 0. The Kier molecular flexibility index (Phi) is 5.44. The quantitative estimate of drug-likeness (QED) is 0.366. The second kappa shape index (κ2) is 6.65. The normalized spacial score (nSPS) is 24.4. The molecule has 0 spiro atoms. The van der Waals surface area contributed by atoms with Gasteiger partial charge >= 0.3 is 5.97 Å². The number of ether oxygens (including phenoxy) is 1. The summed E-state index contributed by atoms with van der Waals surface area (Å²) in [7, 11) is 0. The topological polar surface area (TPSA) is 26.3 Å². The standard InChI is InChI=1S/C13H22O2/c1-3-5-6-7-11-10-12(11)8-9-13(14)15-4-2/h8-9,11-12H,3-7,10H2,1-2H3/b9-8-/t11-,12-/m0/s1. The first-order valence-electron chi connectivity index (χ1n) is 6.12. The van der Waals surface area contributed by atoms with Crippen molar-refractivity contribution in [3.8, 4) is 0 Å². The second-order valence-electron chi connectivity index (χ2n) is 4.27. The average Bonchev–Trinajstić information content (AvgIpc) is 2.95. The summed E-state index contributed by atoms with van der Waals surface area (Å²) >= 11 is 0. The van der Waals surface area contributed by atoms with Gasteiger partial charge in [0.2, 0.25) is 0 Å². The average molecular weight is 210 g/mol. The van der Waals surface area contributed by atoms with Crippen LogP contribution in [0.25, 0.3) is 0 Å². The molecule has 1 fully saturated rings. The van der Waals surface area contributed by atoms with Gasteiger partial charge in [0.05, 0.1) is 6.61 Å². The summed E-state index contributed by atoms with van der Waals surface area (Å²) in [4.78, 5) is 11.0. The Morgan fingerprint density at radius 1 is 1.40 bits per heavy atom. The number of carbonyl (C=O) groups excluding carboxylic acids is 1. The second-order valence-corrected chi connectivity index (χ2v) is 4.27. The molecule has 0 aromatic carbocycles. The number of esters is 1. The lowest BCUT2D eigenvalue weighted by Gasteiger charge is -1.96. The van der Waals surface area contributed by atoms with Crippen LogP contribution in [0.4, 0.5) is 0 Å². The van der Waals surface area contributed by atoms with Crippen molar-refractivity contribution in [2.75, 3.05) is 6.61 Å². The molecule has 0 aliphatic heterocycles. The lowest BCUT2D eigenvalue weighted by molar-refractivity contribution is -0.137. The van der Waals surface area contributed by atoms with Gasteiger partial charge in [0.25, 0.3) is 0 Å². The molecule has 2 heteroatoms. The van der Waals surface area contributed by atoms with E-state index in [1.807, 2.05) is 13.0 Å². The van der Waals surface area contributed by atoms with Crippen LogP contribution in [0.2, 0.25) is 0 Å². The summed E-state index contributed by atoms with van der Waals surface area (Å²) < 4.78 is 4.83. The molecule has 0 aromatic rings. The molecule has 0 N–H and O–H groups in total. The van der Waals surface area contributed by atoms with Crippen molar-refractivity contribution in [3.63, 3.8) is 0 Å². The minimum absolute atomic E-state index is 0.197. The van der Waals surface area contributed by atoms with Crippen LogP contribution >= 0.6 is 0 Å². The molecular weight excluding hydrogens is 188 g/mol. The highest BCUT2D eigenvalue weighted by atomic mass is 16.5. The van der Waals surface area contributed by atoms with E-state index in [0.29, 0.717) is 12.5 Å². The van der Waals surface area contributed by atoms with E-state index in [1.54, 1.807) is 6.08 Å². The van der Waals surface area contributed by atoms with Crippen LogP contribution in [-0.4, -0.2) is 12.6 Å². The molecule has 0 aromatic heterocycles. The van der Waals surface area contributed by atoms with Gasteiger partial charge in [-0.1, -0.05) is 32.3 Å². The Labute approximate surface area is 92.7 Å².